The molecule has 1 atom stereocenters. The number of para-hydroxylation sites is 1. The van der Waals surface area contributed by atoms with Gasteiger partial charge in [-0.25, -0.2) is 4.98 Å². The lowest BCUT2D eigenvalue weighted by atomic mass is 10.2. The molecule has 1 aliphatic heterocycles. The number of carbonyl (C=O) groups excluding carboxylic acids is 1. The van der Waals surface area contributed by atoms with Gasteiger partial charge in [0.2, 0.25) is 5.91 Å². The predicted octanol–water partition coefficient (Wildman–Crippen LogP) is 2.22. The number of anilines is 1. The van der Waals surface area contributed by atoms with Crippen molar-refractivity contribution in [1.29, 1.82) is 0 Å². The molecule has 0 saturated carbocycles. The van der Waals surface area contributed by atoms with E-state index in [0.717, 1.165) is 48.7 Å². The van der Waals surface area contributed by atoms with E-state index < -0.39 is 0 Å². The Hall–Kier alpha value is -2.93. The monoisotopic (exact) mass is 365 g/mol. The van der Waals surface area contributed by atoms with Gasteiger partial charge in [-0.05, 0) is 19.1 Å². The summed E-state index contributed by atoms with van der Waals surface area (Å²) in [5.41, 5.74) is 0.841. The normalized spacial score (nSPS) is 16.4. The van der Waals surface area contributed by atoms with Crippen molar-refractivity contribution >= 4 is 22.7 Å². The highest BCUT2D eigenvalue weighted by molar-refractivity contribution is 5.80. The second kappa shape index (κ2) is 7.75. The van der Waals surface area contributed by atoms with Gasteiger partial charge < -0.3 is 14.6 Å². The first-order valence-electron chi connectivity index (χ1n) is 9.20. The van der Waals surface area contributed by atoms with Gasteiger partial charge in [-0.15, -0.1) is 0 Å². The van der Waals surface area contributed by atoms with Gasteiger partial charge in [0.15, 0.2) is 0 Å². The number of hydrogen-bond acceptors (Lipinski definition) is 6. The van der Waals surface area contributed by atoms with E-state index in [4.69, 9.17) is 4.42 Å². The summed E-state index contributed by atoms with van der Waals surface area (Å²) in [6, 6.07) is 9.69. The van der Waals surface area contributed by atoms with Gasteiger partial charge in [0.1, 0.15) is 17.2 Å². The minimum atomic E-state index is -0.161. The molecule has 1 fully saturated rings. The quantitative estimate of drug-likeness (QED) is 0.747. The van der Waals surface area contributed by atoms with Crippen LogP contribution in [0.2, 0.25) is 0 Å². The Bertz CT molecular complexity index is 870. The van der Waals surface area contributed by atoms with Crippen LogP contribution in [-0.2, 0) is 4.79 Å². The first-order valence-corrected chi connectivity index (χ1v) is 9.20. The van der Waals surface area contributed by atoms with Gasteiger partial charge in [0, 0.05) is 44.0 Å². The topological polar surface area (TPSA) is 74.5 Å². The van der Waals surface area contributed by atoms with E-state index in [1.807, 2.05) is 37.3 Å². The fourth-order valence-corrected chi connectivity index (χ4v) is 3.37. The molecule has 7 heteroatoms. The lowest BCUT2D eigenvalue weighted by Gasteiger charge is -2.34. The Morgan fingerprint density at radius 1 is 1.22 bits per heavy atom. The Labute approximate surface area is 158 Å². The van der Waals surface area contributed by atoms with Gasteiger partial charge in [-0.1, -0.05) is 18.2 Å². The van der Waals surface area contributed by atoms with Crippen molar-refractivity contribution in [1.82, 2.24) is 20.2 Å². The molecule has 7 nitrogen and oxygen atoms in total. The van der Waals surface area contributed by atoms with Crippen molar-refractivity contribution in [2.45, 2.75) is 13.0 Å². The fraction of sp³-hybridized carbons (Fsp3) is 0.350. The van der Waals surface area contributed by atoms with Gasteiger partial charge in [0.25, 0.3) is 0 Å². The molecule has 4 rings (SSSR count). The summed E-state index contributed by atoms with van der Waals surface area (Å²) < 4.78 is 5.84. The number of nitrogens with one attached hydrogen (secondary N) is 1. The Morgan fingerprint density at radius 2 is 2.04 bits per heavy atom. The molecule has 1 aromatic carbocycles. The maximum absolute atomic E-state index is 12.4. The van der Waals surface area contributed by atoms with Crippen molar-refractivity contribution in [3.05, 3.63) is 54.7 Å². The highest BCUT2D eigenvalue weighted by Gasteiger charge is 2.21. The zero-order valence-corrected chi connectivity index (χ0v) is 15.3. The second-order valence-electron chi connectivity index (χ2n) is 6.80. The maximum atomic E-state index is 12.4. The molecule has 1 aliphatic rings. The van der Waals surface area contributed by atoms with Crippen molar-refractivity contribution in [3.8, 4) is 0 Å². The van der Waals surface area contributed by atoms with Gasteiger partial charge in [-0.3, -0.25) is 14.7 Å². The summed E-state index contributed by atoms with van der Waals surface area (Å²) in [7, 11) is 0. The minimum Gasteiger partial charge on any atom is -0.459 e. The average molecular weight is 365 g/mol. The van der Waals surface area contributed by atoms with Crippen LogP contribution in [0.15, 0.2) is 53.3 Å². The molecular formula is C20H23N5O2. The zero-order valence-electron chi connectivity index (χ0n) is 15.3. The molecule has 0 aliphatic carbocycles. The smallest absolute Gasteiger partial charge is 0.234 e. The Balaban J connectivity index is 1.28. The van der Waals surface area contributed by atoms with Crippen molar-refractivity contribution in [2.24, 2.45) is 0 Å². The largest absolute Gasteiger partial charge is 0.459 e. The fourth-order valence-electron chi connectivity index (χ4n) is 3.37. The number of piperazine rings is 1. The lowest BCUT2D eigenvalue weighted by molar-refractivity contribution is -0.123. The van der Waals surface area contributed by atoms with Gasteiger partial charge in [0.05, 0.1) is 18.8 Å². The summed E-state index contributed by atoms with van der Waals surface area (Å²) in [5.74, 6) is 1.67. The number of benzene rings is 1. The van der Waals surface area contributed by atoms with E-state index in [0.29, 0.717) is 6.54 Å². The molecule has 0 spiro atoms. The number of carbonyl (C=O) groups is 1. The third-order valence-corrected chi connectivity index (χ3v) is 4.86. The van der Waals surface area contributed by atoms with Crippen LogP contribution in [0, 0.1) is 0 Å². The first-order chi connectivity index (χ1) is 13.2. The van der Waals surface area contributed by atoms with Gasteiger partial charge >= 0.3 is 0 Å². The van der Waals surface area contributed by atoms with Crippen LogP contribution in [0.25, 0.3) is 11.0 Å². The second-order valence-corrected chi connectivity index (χ2v) is 6.80. The SMILES string of the molecule is C[C@H](NC(=O)CN1CCN(c2cnccn2)CC1)c1cc2ccccc2o1. The van der Waals surface area contributed by atoms with E-state index in [1.165, 1.54) is 0 Å². The van der Waals surface area contributed by atoms with Gasteiger partial charge in [-0.2, -0.15) is 0 Å². The summed E-state index contributed by atoms with van der Waals surface area (Å²) >= 11 is 0. The Morgan fingerprint density at radius 3 is 2.78 bits per heavy atom. The number of furan rings is 1. The Kier molecular flexibility index (Phi) is 5.02. The molecule has 0 unspecified atom stereocenters. The third-order valence-electron chi connectivity index (χ3n) is 4.86. The molecule has 140 valence electrons. The first kappa shape index (κ1) is 17.5. The van der Waals surface area contributed by atoms with Crippen molar-refractivity contribution in [2.75, 3.05) is 37.6 Å². The maximum Gasteiger partial charge on any atom is 0.234 e. The van der Waals surface area contributed by atoms with Crippen LogP contribution in [0.1, 0.15) is 18.7 Å². The molecule has 3 aromatic rings. The molecular weight excluding hydrogens is 342 g/mol. The average Bonchev–Trinajstić information content (AvgIpc) is 3.14. The van der Waals surface area contributed by atoms with Crippen molar-refractivity contribution in [3.63, 3.8) is 0 Å². The molecule has 1 N–H and O–H groups in total. The van der Waals surface area contributed by atoms with Crippen LogP contribution in [0.3, 0.4) is 0 Å². The van der Waals surface area contributed by atoms with E-state index in [9.17, 15) is 4.79 Å². The summed E-state index contributed by atoms with van der Waals surface area (Å²) in [5, 5.41) is 4.09. The van der Waals surface area contributed by atoms with Crippen molar-refractivity contribution < 1.29 is 9.21 Å². The van der Waals surface area contributed by atoms with E-state index >= 15 is 0 Å². The summed E-state index contributed by atoms with van der Waals surface area (Å²) in [6.45, 7) is 5.66. The summed E-state index contributed by atoms with van der Waals surface area (Å²) in [4.78, 5) is 25.2. The van der Waals surface area contributed by atoms with Crippen LogP contribution in [0.5, 0.6) is 0 Å². The van der Waals surface area contributed by atoms with Crippen LogP contribution >= 0.6 is 0 Å². The highest BCUT2D eigenvalue weighted by atomic mass is 16.3. The molecule has 27 heavy (non-hydrogen) atoms. The number of nitrogens with zero attached hydrogens (tertiary/aromatic N) is 4. The van der Waals surface area contributed by atoms with Crippen LogP contribution in [0.4, 0.5) is 5.82 Å². The predicted molar refractivity (Wildman–Crippen MR) is 103 cm³/mol. The molecule has 3 heterocycles. The van der Waals surface area contributed by atoms with E-state index in [1.54, 1.807) is 18.6 Å². The lowest BCUT2D eigenvalue weighted by Crippen LogP contribution is -2.49. The standard InChI is InChI=1S/C20H23N5O2/c1-15(18-12-16-4-2-3-5-17(16)27-18)23-20(26)14-24-8-10-25(11-9-24)19-13-21-6-7-22-19/h2-7,12-13,15H,8-11,14H2,1H3,(H,23,26)/t15-/m0/s1. The molecule has 0 bridgehead atoms. The van der Waals surface area contributed by atoms with E-state index in [2.05, 4.69) is 25.1 Å². The van der Waals surface area contributed by atoms with Crippen LogP contribution < -0.4 is 10.2 Å². The zero-order chi connectivity index (χ0) is 18.6. The number of rotatable bonds is 5. The minimum absolute atomic E-state index is 0.0101. The molecule has 2 aromatic heterocycles. The van der Waals surface area contributed by atoms with Crippen LogP contribution in [-0.4, -0.2) is 53.5 Å². The molecule has 1 saturated heterocycles. The summed E-state index contributed by atoms with van der Waals surface area (Å²) in [6.07, 6.45) is 5.15. The number of amides is 1. The van der Waals surface area contributed by atoms with E-state index in [-0.39, 0.29) is 11.9 Å². The molecule has 0 radical (unpaired) electrons. The highest BCUT2D eigenvalue weighted by Crippen LogP contribution is 2.23. The third kappa shape index (κ3) is 4.09. The number of hydrogen-bond donors (Lipinski definition) is 1. The number of aromatic nitrogens is 2. The molecule has 1 amide bonds. The number of fused-ring (bicyclic) bond motifs is 1.